The Morgan fingerprint density at radius 2 is 1.89 bits per heavy atom. The molecule has 0 aliphatic heterocycles. The van der Waals surface area contributed by atoms with Crippen LogP contribution in [0.1, 0.15) is 44.1 Å². The van der Waals surface area contributed by atoms with Gasteiger partial charge in [-0.3, -0.25) is 0 Å². The molecule has 1 saturated carbocycles. The third kappa shape index (κ3) is 4.57. The molecule has 3 nitrogen and oxygen atoms in total. The third-order valence-electron chi connectivity index (χ3n) is 3.70. The molecular formula is C16H22N2O. The van der Waals surface area contributed by atoms with E-state index in [2.05, 4.69) is 11.4 Å². The summed E-state index contributed by atoms with van der Waals surface area (Å²) in [6.45, 7) is 0.937. The zero-order chi connectivity index (χ0) is 13.3. The molecule has 1 aliphatic rings. The predicted molar refractivity (Wildman–Crippen MR) is 75.9 cm³/mol. The maximum Gasteiger partial charge on any atom is 0.174 e. The van der Waals surface area contributed by atoms with Crippen LogP contribution in [-0.2, 0) is 6.54 Å². The minimum atomic E-state index is 0.112. The van der Waals surface area contributed by atoms with Crippen molar-refractivity contribution in [2.24, 2.45) is 0 Å². The third-order valence-corrected chi connectivity index (χ3v) is 3.70. The number of nitrogens with one attached hydrogen (secondary N) is 1. The molecule has 0 saturated heterocycles. The van der Waals surface area contributed by atoms with Crippen LogP contribution in [0.15, 0.2) is 24.3 Å². The lowest BCUT2D eigenvalue weighted by Crippen LogP contribution is -2.28. The number of nitrogens with zero attached hydrogens (tertiary/aromatic N) is 1. The summed E-state index contributed by atoms with van der Waals surface area (Å²) in [6.07, 6.45) is 7.98. The molecule has 1 aromatic carbocycles. The second-order valence-corrected chi connectivity index (χ2v) is 5.12. The van der Waals surface area contributed by atoms with Crippen molar-refractivity contribution in [3.63, 3.8) is 0 Å². The summed E-state index contributed by atoms with van der Waals surface area (Å²) in [6, 6.07) is 10.6. The molecular weight excluding hydrogens is 236 g/mol. The van der Waals surface area contributed by atoms with Gasteiger partial charge in [0.2, 0.25) is 0 Å². The van der Waals surface area contributed by atoms with E-state index >= 15 is 0 Å². The van der Waals surface area contributed by atoms with Crippen molar-refractivity contribution in [1.82, 2.24) is 5.32 Å². The fraction of sp³-hybridized carbons (Fsp3) is 0.562. The number of hydrogen-bond donors (Lipinski definition) is 1. The lowest BCUT2D eigenvalue weighted by atomic mass is 10.1. The highest BCUT2D eigenvalue weighted by Crippen LogP contribution is 2.20. The van der Waals surface area contributed by atoms with E-state index in [1.807, 2.05) is 24.3 Å². The van der Waals surface area contributed by atoms with Crippen LogP contribution in [0.2, 0.25) is 0 Å². The first-order valence-corrected chi connectivity index (χ1v) is 7.21. The highest BCUT2D eigenvalue weighted by atomic mass is 16.5. The van der Waals surface area contributed by atoms with Gasteiger partial charge < -0.3 is 10.1 Å². The van der Waals surface area contributed by atoms with Crippen molar-refractivity contribution >= 4 is 0 Å². The quantitative estimate of drug-likeness (QED) is 0.823. The molecule has 0 bridgehead atoms. The molecule has 1 N–H and O–H groups in total. The van der Waals surface area contributed by atoms with Gasteiger partial charge in [0.05, 0.1) is 0 Å². The van der Waals surface area contributed by atoms with Crippen molar-refractivity contribution in [3.8, 4) is 11.8 Å². The zero-order valence-electron chi connectivity index (χ0n) is 11.4. The van der Waals surface area contributed by atoms with Gasteiger partial charge in [-0.1, -0.05) is 43.9 Å². The van der Waals surface area contributed by atoms with E-state index in [4.69, 9.17) is 10.00 Å². The number of ether oxygens (including phenoxy) is 1. The highest BCUT2D eigenvalue weighted by Gasteiger charge is 2.12. The van der Waals surface area contributed by atoms with Crippen LogP contribution in [0.5, 0.6) is 5.75 Å². The minimum Gasteiger partial charge on any atom is -0.478 e. The summed E-state index contributed by atoms with van der Waals surface area (Å²) in [5.74, 6) is 0.824. The lowest BCUT2D eigenvalue weighted by Gasteiger charge is -2.17. The highest BCUT2D eigenvalue weighted by molar-refractivity contribution is 5.33. The summed E-state index contributed by atoms with van der Waals surface area (Å²) in [5, 5.41) is 12.2. The average Bonchev–Trinajstić information content (AvgIpc) is 2.72. The fourth-order valence-electron chi connectivity index (χ4n) is 2.64. The van der Waals surface area contributed by atoms with Gasteiger partial charge in [0.15, 0.2) is 6.61 Å². The Balaban J connectivity index is 1.89. The van der Waals surface area contributed by atoms with Crippen molar-refractivity contribution in [2.75, 3.05) is 6.61 Å². The fourth-order valence-corrected chi connectivity index (χ4v) is 2.64. The number of benzene rings is 1. The van der Waals surface area contributed by atoms with E-state index in [0.717, 1.165) is 17.9 Å². The van der Waals surface area contributed by atoms with Gasteiger partial charge in [-0.2, -0.15) is 5.26 Å². The first kappa shape index (κ1) is 13.9. The normalized spacial score (nSPS) is 16.6. The standard InChI is InChI=1S/C16H22N2O/c17-11-12-19-16-10-6-5-7-14(16)13-18-15-8-3-1-2-4-9-15/h5-7,10,15,18H,1-4,8-9,12-13H2. The molecule has 0 aromatic heterocycles. The van der Waals surface area contributed by atoms with Crippen LogP contribution in [0.25, 0.3) is 0 Å². The molecule has 102 valence electrons. The number of rotatable bonds is 5. The zero-order valence-corrected chi connectivity index (χ0v) is 11.4. The van der Waals surface area contributed by atoms with Gasteiger partial charge in [-0.05, 0) is 18.9 Å². The second kappa shape index (κ2) is 7.81. The van der Waals surface area contributed by atoms with E-state index in [0.29, 0.717) is 6.04 Å². The summed E-state index contributed by atoms with van der Waals surface area (Å²) >= 11 is 0. The maximum atomic E-state index is 8.59. The largest absolute Gasteiger partial charge is 0.478 e. The second-order valence-electron chi connectivity index (χ2n) is 5.12. The van der Waals surface area contributed by atoms with Gasteiger partial charge in [-0.25, -0.2) is 0 Å². The van der Waals surface area contributed by atoms with E-state index < -0.39 is 0 Å². The number of nitriles is 1. The summed E-state index contributed by atoms with van der Waals surface area (Å²) in [7, 11) is 0. The van der Waals surface area contributed by atoms with Crippen LogP contribution in [0.3, 0.4) is 0 Å². The van der Waals surface area contributed by atoms with Crippen molar-refractivity contribution < 1.29 is 4.74 Å². The van der Waals surface area contributed by atoms with Gasteiger partial charge in [-0.15, -0.1) is 0 Å². The molecule has 0 radical (unpaired) electrons. The Morgan fingerprint density at radius 3 is 2.63 bits per heavy atom. The van der Waals surface area contributed by atoms with E-state index in [-0.39, 0.29) is 6.61 Å². The Hall–Kier alpha value is -1.53. The van der Waals surface area contributed by atoms with Crippen LogP contribution >= 0.6 is 0 Å². The van der Waals surface area contributed by atoms with Crippen LogP contribution in [0.4, 0.5) is 0 Å². The van der Waals surface area contributed by atoms with Crippen LogP contribution in [-0.4, -0.2) is 12.6 Å². The molecule has 0 spiro atoms. The Bertz CT molecular complexity index is 417. The van der Waals surface area contributed by atoms with Crippen LogP contribution < -0.4 is 10.1 Å². The molecule has 1 aliphatic carbocycles. The molecule has 19 heavy (non-hydrogen) atoms. The first-order chi connectivity index (χ1) is 9.40. The maximum absolute atomic E-state index is 8.59. The Morgan fingerprint density at radius 1 is 1.16 bits per heavy atom. The van der Waals surface area contributed by atoms with Gasteiger partial charge in [0, 0.05) is 18.2 Å². The molecule has 3 heteroatoms. The number of para-hydroxylation sites is 1. The van der Waals surface area contributed by atoms with Gasteiger partial charge in [0.1, 0.15) is 11.8 Å². The van der Waals surface area contributed by atoms with Crippen molar-refractivity contribution in [2.45, 2.75) is 51.1 Å². The molecule has 2 rings (SSSR count). The van der Waals surface area contributed by atoms with E-state index in [1.165, 1.54) is 38.5 Å². The predicted octanol–water partition coefficient (Wildman–Crippen LogP) is 3.40. The Labute approximate surface area is 115 Å². The topological polar surface area (TPSA) is 45.0 Å². The number of hydrogen-bond acceptors (Lipinski definition) is 3. The molecule has 0 amide bonds. The summed E-state index contributed by atoms with van der Waals surface area (Å²) in [5.41, 5.74) is 1.14. The van der Waals surface area contributed by atoms with Crippen LogP contribution in [0, 0.1) is 11.3 Å². The molecule has 1 fully saturated rings. The van der Waals surface area contributed by atoms with Gasteiger partial charge in [0.25, 0.3) is 0 Å². The van der Waals surface area contributed by atoms with E-state index in [9.17, 15) is 0 Å². The molecule has 0 heterocycles. The lowest BCUT2D eigenvalue weighted by molar-refractivity contribution is 0.360. The molecule has 1 aromatic rings. The smallest absolute Gasteiger partial charge is 0.174 e. The summed E-state index contributed by atoms with van der Waals surface area (Å²) < 4.78 is 5.45. The first-order valence-electron chi connectivity index (χ1n) is 7.21. The monoisotopic (exact) mass is 258 g/mol. The van der Waals surface area contributed by atoms with Crippen molar-refractivity contribution in [3.05, 3.63) is 29.8 Å². The average molecular weight is 258 g/mol. The summed E-state index contributed by atoms with van der Waals surface area (Å²) in [4.78, 5) is 0. The van der Waals surface area contributed by atoms with E-state index in [1.54, 1.807) is 0 Å². The van der Waals surface area contributed by atoms with Gasteiger partial charge >= 0.3 is 0 Å². The molecule has 0 unspecified atom stereocenters. The SMILES string of the molecule is N#CCOc1ccccc1CNC1CCCCCC1. The molecule has 0 atom stereocenters. The Kier molecular flexibility index (Phi) is 5.71. The minimum absolute atomic E-state index is 0.112. The van der Waals surface area contributed by atoms with Crippen molar-refractivity contribution in [1.29, 1.82) is 5.26 Å².